The first kappa shape index (κ1) is 12.7. The fourth-order valence-corrected chi connectivity index (χ4v) is 1.66. The molecule has 0 radical (unpaired) electrons. The van der Waals surface area contributed by atoms with Crippen LogP contribution in [0.15, 0.2) is 40.1 Å². The minimum absolute atomic E-state index is 0.00579. The number of rotatable bonds is 3. The monoisotopic (exact) mass is 261 g/mol. The molecule has 1 N–H and O–H groups in total. The highest BCUT2D eigenvalue weighted by Crippen LogP contribution is 2.12. The summed E-state index contributed by atoms with van der Waals surface area (Å²) in [4.78, 5) is 35.0. The summed E-state index contributed by atoms with van der Waals surface area (Å²) in [5, 5.41) is 10.5. The Kier molecular flexibility index (Phi) is 3.28. The summed E-state index contributed by atoms with van der Waals surface area (Å²) in [6.45, 7) is 1.85. The van der Waals surface area contributed by atoms with Crippen LogP contribution in [-0.4, -0.2) is 14.5 Å². The molecule has 0 atom stereocenters. The maximum Gasteiger partial charge on any atom is 0.328 e. The third-order valence-electron chi connectivity index (χ3n) is 2.69. The summed E-state index contributed by atoms with van der Waals surface area (Å²) in [5.41, 5.74) is 0.244. The Balaban J connectivity index is 2.31. The second-order valence-electron chi connectivity index (χ2n) is 4.12. The van der Waals surface area contributed by atoms with Crippen molar-refractivity contribution >= 4 is 5.69 Å². The molecule has 0 unspecified atom stereocenters. The van der Waals surface area contributed by atoms with Gasteiger partial charge in [0.2, 0.25) is 0 Å². The van der Waals surface area contributed by atoms with Gasteiger partial charge in [0.1, 0.15) is 0 Å². The lowest BCUT2D eigenvalue weighted by Crippen LogP contribution is -2.31. The van der Waals surface area contributed by atoms with Gasteiger partial charge in [-0.05, 0) is 12.5 Å². The Labute approximate surface area is 107 Å². The number of H-pyrrole nitrogens is 1. The summed E-state index contributed by atoms with van der Waals surface area (Å²) >= 11 is 0. The van der Waals surface area contributed by atoms with Crippen molar-refractivity contribution in [2.24, 2.45) is 0 Å². The lowest BCUT2D eigenvalue weighted by Gasteiger charge is -2.05. The number of aromatic nitrogens is 2. The summed E-state index contributed by atoms with van der Waals surface area (Å²) in [6, 6.07) is 5.90. The molecule has 0 spiro atoms. The zero-order valence-corrected chi connectivity index (χ0v) is 10.1. The van der Waals surface area contributed by atoms with Crippen molar-refractivity contribution in [1.82, 2.24) is 9.55 Å². The number of aryl methyl sites for hydroxylation is 1. The second kappa shape index (κ2) is 4.89. The molecule has 2 aromatic rings. The highest BCUT2D eigenvalue weighted by Gasteiger charge is 2.05. The molecular weight excluding hydrogens is 250 g/mol. The number of hydrogen-bond acceptors (Lipinski definition) is 4. The van der Waals surface area contributed by atoms with Gasteiger partial charge < -0.3 is 0 Å². The number of nitro benzene ring substituents is 1. The van der Waals surface area contributed by atoms with Crippen LogP contribution in [-0.2, 0) is 6.54 Å². The van der Waals surface area contributed by atoms with Gasteiger partial charge >= 0.3 is 5.69 Å². The van der Waals surface area contributed by atoms with E-state index >= 15 is 0 Å². The average molecular weight is 261 g/mol. The van der Waals surface area contributed by atoms with Crippen LogP contribution in [0.3, 0.4) is 0 Å². The highest BCUT2D eigenvalue weighted by molar-refractivity contribution is 5.32. The van der Waals surface area contributed by atoms with E-state index in [0.717, 1.165) is 5.56 Å². The average Bonchev–Trinajstić information content (AvgIpc) is 2.36. The normalized spacial score (nSPS) is 10.4. The molecule has 0 bridgehead atoms. The first-order chi connectivity index (χ1) is 8.97. The van der Waals surface area contributed by atoms with Gasteiger partial charge in [0.15, 0.2) is 0 Å². The van der Waals surface area contributed by atoms with Crippen molar-refractivity contribution in [3.63, 3.8) is 0 Å². The van der Waals surface area contributed by atoms with Gasteiger partial charge in [0.25, 0.3) is 11.2 Å². The first-order valence-corrected chi connectivity index (χ1v) is 5.51. The van der Waals surface area contributed by atoms with E-state index in [2.05, 4.69) is 4.98 Å². The number of hydrogen-bond donors (Lipinski definition) is 1. The molecule has 1 heterocycles. The lowest BCUT2D eigenvalue weighted by atomic mass is 10.2. The fraction of sp³-hybridized carbons (Fsp3) is 0.167. The van der Waals surface area contributed by atoms with Crippen molar-refractivity contribution < 1.29 is 4.92 Å². The van der Waals surface area contributed by atoms with Crippen molar-refractivity contribution in [3.8, 4) is 0 Å². The SMILES string of the molecule is Cc1cn(Cc2ccc([N+](=O)[O-])cc2)c(=O)[nH]c1=O. The van der Waals surface area contributed by atoms with Gasteiger partial charge in [-0.2, -0.15) is 0 Å². The fourth-order valence-electron chi connectivity index (χ4n) is 1.66. The van der Waals surface area contributed by atoms with E-state index in [4.69, 9.17) is 0 Å². The minimum Gasteiger partial charge on any atom is -0.296 e. The largest absolute Gasteiger partial charge is 0.328 e. The van der Waals surface area contributed by atoms with Crippen molar-refractivity contribution in [3.05, 3.63) is 72.5 Å². The van der Waals surface area contributed by atoms with Crippen molar-refractivity contribution in [2.75, 3.05) is 0 Å². The molecule has 0 saturated heterocycles. The van der Waals surface area contributed by atoms with Crippen LogP contribution in [0.25, 0.3) is 0 Å². The summed E-state index contributed by atoms with van der Waals surface area (Å²) in [6.07, 6.45) is 1.46. The van der Waals surface area contributed by atoms with E-state index < -0.39 is 16.2 Å². The number of nitrogens with one attached hydrogen (secondary N) is 1. The van der Waals surface area contributed by atoms with Crippen LogP contribution in [0.1, 0.15) is 11.1 Å². The minimum atomic E-state index is -0.506. The van der Waals surface area contributed by atoms with E-state index in [9.17, 15) is 19.7 Å². The Hall–Kier alpha value is -2.70. The van der Waals surface area contributed by atoms with Gasteiger partial charge in [0, 0.05) is 23.9 Å². The second-order valence-corrected chi connectivity index (χ2v) is 4.12. The van der Waals surface area contributed by atoms with Crippen LogP contribution in [0, 0.1) is 17.0 Å². The van der Waals surface area contributed by atoms with Gasteiger partial charge in [-0.25, -0.2) is 4.79 Å². The zero-order valence-electron chi connectivity index (χ0n) is 10.1. The molecule has 0 aliphatic rings. The van der Waals surface area contributed by atoms with E-state index in [1.54, 1.807) is 19.1 Å². The van der Waals surface area contributed by atoms with Gasteiger partial charge in [-0.15, -0.1) is 0 Å². The number of aromatic amines is 1. The predicted octanol–water partition coefficient (Wildman–Crippen LogP) is 0.802. The third-order valence-corrected chi connectivity index (χ3v) is 2.69. The summed E-state index contributed by atoms with van der Waals surface area (Å²) < 4.78 is 1.35. The Morgan fingerprint density at radius 3 is 2.47 bits per heavy atom. The molecule has 7 heteroatoms. The van der Waals surface area contributed by atoms with Crippen molar-refractivity contribution in [1.29, 1.82) is 0 Å². The van der Waals surface area contributed by atoms with Gasteiger partial charge in [-0.3, -0.25) is 24.5 Å². The molecule has 98 valence electrons. The van der Waals surface area contributed by atoms with Crippen molar-refractivity contribution in [2.45, 2.75) is 13.5 Å². The highest BCUT2D eigenvalue weighted by atomic mass is 16.6. The number of nitro groups is 1. The molecule has 0 aliphatic heterocycles. The van der Waals surface area contributed by atoms with E-state index in [-0.39, 0.29) is 12.2 Å². The van der Waals surface area contributed by atoms with Gasteiger partial charge in [-0.1, -0.05) is 12.1 Å². The summed E-state index contributed by atoms with van der Waals surface area (Å²) in [5.74, 6) is 0. The molecule has 0 aliphatic carbocycles. The molecule has 1 aromatic carbocycles. The topological polar surface area (TPSA) is 98.0 Å². The molecule has 2 rings (SSSR count). The predicted molar refractivity (Wildman–Crippen MR) is 68.3 cm³/mol. The lowest BCUT2D eigenvalue weighted by molar-refractivity contribution is -0.384. The van der Waals surface area contributed by atoms with Crippen LogP contribution in [0.4, 0.5) is 5.69 Å². The number of benzene rings is 1. The molecule has 1 aromatic heterocycles. The van der Waals surface area contributed by atoms with E-state index in [1.165, 1.54) is 22.9 Å². The standard InChI is InChI=1S/C12H11N3O4/c1-8-6-14(12(17)13-11(8)16)7-9-2-4-10(5-3-9)15(18)19/h2-6H,7H2,1H3,(H,13,16,17). The maximum absolute atomic E-state index is 11.6. The van der Waals surface area contributed by atoms with E-state index in [0.29, 0.717) is 5.56 Å². The molecule has 7 nitrogen and oxygen atoms in total. The van der Waals surface area contributed by atoms with Crippen LogP contribution in [0.5, 0.6) is 0 Å². The summed E-state index contributed by atoms with van der Waals surface area (Å²) in [7, 11) is 0. The van der Waals surface area contributed by atoms with Crippen LogP contribution < -0.4 is 11.2 Å². The molecule has 0 saturated carbocycles. The molecule has 0 amide bonds. The third kappa shape index (κ3) is 2.76. The molecule has 0 fully saturated rings. The van der Waals surface area contributed by atoms with E-state index in [1.807, 2.05) is 0 Å². The van der Waals surface area contributed by atoms with Crippen LogP contribution in [0.2, 0.25) is 0 Å². The molecular formula is C12H11N3O4. The quantitative estimate of drug-likeness (QED) is 0.652. The van der Waals surface area contributed by atoms with Gasteiger partial charge in [0.05, 0.1) is 11.5 Å². The zero-order chi connectivity index (χ0) is 14.0. The number of non-ortho nitro benzene ring substituents is 1. The Bertz CT molecular complexity index is 728. The smallest absolute Gasteiger partial charge is 0.296 e. The van der Waals surface area contributed by atoms with Crippen LogP contribution >= 0.6 is 0 Å². The Morgan fingerprint density at radius 2 is 1.89 bits per heavy atom. The maximum atomic E-state index is 11.6. The Morgan fingerprint density at radius 1 is 1.26 bits per heavy atom. The first-order valence-electron chi connectivity index (χ1n) is 5.51. The number of nitrogens with zero attached hydrogens (tertiary/aromatic N) is 2. The molecule has 19 heavy (non-hydrogen) atoms.